The number of hydrogen-bond donors (Lipinski definition) is 2. The van der Waals surface area contributed by atoms with E-state index in [0.29, 0.717) is 11.7 Å². The molecule has 0 unspecified atom stereocenters. The number of methoxy groups -OCH3 is 1. The molecule has 1 aromatic carbocycles. The standard InChI is InChI=1S/C13H13N3O4S/c1-20-12(19)8-4-2-3-5-9(8)15-10(17)11(18)16-13-14-6-7-21-13/h2-5H,6-7H2,1H3,(H,15,17)(H,14,16,18). The molecule has 0 aliphatic carbocycles. The largest absolute Gasteiger partial charge is 0.465 e. The summed E-state index contributed by atoms with van der Waals surface area (Å²) in [5.41, 5.74) is 0.388. The van der Waals surface area contributed by atoms with Gasteiger partial charge in [0.2, 0.25) is 0 Å². The summed E-state index contributed by atoms with van der Waals surface area (Å²) in [6, 6.07) is 6.28. The molecule has 7 nitrogen and oxygen atoms in total. The fraction of sp³-hybridized carbons (Fsp3) is 0.231. The lowest BCUT2D eigenvalue weighted by atomic mass is 10.2. The molecule has 0 fully saturated rings. The van der Waals surface area contributed by atoms with Crippen LogP contribution in [0.1, 0.15) is 10.4 Å². The molecule has 2 N–H and O–H groups in total. The number of ether oxygens (including phenoxy) is 1. The SMILES string of the molecule is COC(=O)c1ccccc1NC(=O)C(=O)NC1=NCCS1. The molecule has 8 heteroatoms. The number of aliphatic imine (C=N–C) groups is 1. The first-order valence-corrected chi connectivity index (χ1v) is 7.07. The van der Waals surface area contributed by atoms with Crippen molar-refractivity contribution in [3.8, 4) is 0 Å². The van der Waals surface area contributed by atoms with E-state index in [4.69, 9.17) is 0 Å². The molecule has 0 bridgehead atoms. The van der Waals surface area contributed by atoms with Crippen molar-refractivity contribution in [2.24, 2.45) is 4.99 Å². The monoisotopic (exact) mass is 307 g/mol. The Kier molecular flexibility index (Phi) is 4.94. The van der Waals surface area contributed by atoms with E-state index in [1.807, 2.05) is 0 Å². The van der Waals surface area contributed by atoms with Crippen LogP contribution in [0.15, 0.2) is 29.3 Å². The molecule has 1 heterocycles. The van der Waals surface area contributed by atoms with Crippen molar-refractivity contribution < 1.29 is 19.1 Å². The molecule has 0 atom stereocenters. The average molecular weight is 307 g/mol. The van der Waals surface area contributed by atoms with Gasteiger partial charge in [0.05, 0.1) is 24.9 Å². The molecule has 0 spiro atoms. The third-order valence-electron chi connectivity index (χ3n) is 2.59. The smallest absolute Gasteiger partial charge is 0.339 e. The van der Waals surface area contributed by atoms with Crippen molar-refractivity contribution in [1.82, 2.24) is 5.32 Å². The topological polar surface area (TPSA) is 96.9 Å². The van der Waals surface area contributed by atoms with Gasteiger partial charge in [-0.1, -0.05) is 23.9 Å². The number of amides is 2. The molecule has 110 valence electrons. The summed E-state index contributed by atoms with van der Waals surface area (Å²) in [5, 5.41) is 5.22. The number of rotatable bonds is 2. The number of nitrogens with zero attached hydrogens (tertiary/aromatic N) is 1. The Morgan fingerprint density at radius 2 is 1.90 bits per heavy atom. The minimum Gasteiger partial charge on any atom is -0.465 e. The van der Waals surface area contributed by atoms with Gasteiger partial charge in [-0.2, -0.15) is 0 Å². The Bertz CT molecular complexity index is 615. The second-order valence-corrected chi connectivity index (χ2v) is 5.06. The first-order chi connectivity index (χ1) is 10.1. The maximum atomic E-state index is 11.8. The normalized spacial score (nSPS) is 13.3. The molecule has 0 saturated carbocycles. The third-order valence-corrected chi connectivity index (χ3v) is 3.48. The van der Waals surface area contributed by atoms with Crippen molar-refractivity contribution in [2.45, 2.75) is 0 Å². The predicted octanol–water partition coefficient (Wildman–Crippen LogP) is 0.631. The van der Waals surface area contributed by atoms with Crippen LogP contribution >= 0.6 is 11.8 Å². The number of anilines is 1. The molecule has 2 amide bonds. The van der Waals surface area contributed by atoms with Crippen molar-refractivity contribution in [3.05, 3.63) is 29.8 Å². The predicted molar refractivity (Wildman–Crippen MR) is 79.3 cm³/mol. The summed E-state index contributed by atoms with van der Waals surface area (Å²) in [6.07, 6.45) is 0. The van der Waals surface area contributed by atoms with Crippen LogP contribution in [0.4, 0.5) is 5.69 Å². The molecule has 1 aliphatic heterocycles. The molecule has 21 heavy (non-hydrogen) atoms. The number of para-hydroxylation sites is 1. The van der Waals surface area contributed by atoms with E-state index >= 15 is 0 Å². The van der Waals surface area contributed by atoms with Crippen LogP contribution in [0.2, 0.25) is 0 Å². The van der Waals surface area contributed by atoms with E-state index < -0.39 is 17.8 Å². The quantitative estimate of drug-likeness (QED) is 0.617. The van der Waals surface area contributed by atoms with E-state index in [0.717, 1.165) is 5.75 Å². The van der Waals surface area contributed by atoms with Gasteiger partial charge in [0, 0.05) is 5.75 Å². The van der Waals surface area contributed by atoms with Crippen molar-refractivity contribution in [2.75, 3.05) is 24.7 Å². The van der Waals surface area contributed by atoms with Gasteiger partial charge in [-0.05, 0) is 12.1 Å². The molecule has 0 aromatic heterocycles. The van der Waals surface area contributed by atoms with Gasteiger partial charge in [-0.3, -0.25) is 19.9 Å². The highest BCUT2D eigenvalue weighted by atomic mass is 32.2. The second kappa shape index (κ2) is 6.89. The van der Waals surface area contributed by atoms with Crippen LogP contribution in [0.25, 0.3) is 0 Å². The number of amidine groups is 1. The van der Waals surface area contributed by atoms with Crippen LogP contribution < -0.4 is 10.6 Å². The Balaban J connectivity index is 2.05. The summed E-state index contributed by atoms with van der Waals surface area (Å²) in [7, 11) is 1.24. The van der Waals surface area contributed by atoms with Gasteiger partial charge in [-0.25, -0.2) is 4.79 Å². The highest BCUT2D eigenvalue weighted by molar-refractivity contribution is 8.14. The lowest BCUT2D eigenvalue weighted by molar-refractivity contribution is -0.135. The van der Waals surface area contributed by atoms with Gasteiger partial charge in [0.15, 0.2) is 5.17 Å². The van der Waals surface area contributed by atoms with E-state index in [9.17, 15) is 14.4 Å². The fourth-order valence-electron chi connectivity index (χ4n) is 1.62. The summed E-state index contributed by atoms with van der Waals surface area (Å²) < 4.78 is 4.61. The minimum absolute atomic E-state index is 0.175. The van der Waals surface area contributed by atoms with Crippen LogP contribution in [0.3, 0.4) is 0 Å². The number of thioether (sulfide) groups is 1. The Labute approximate surface area is 125 Å². The van der Waals surface area contributed by atoms with Gasteiger partial charge in [0.1, 0.15) is 0 Å². The second-order valence-electron chi connectivity index (χ2n) is 3.98. The third kappa shape index (κ3) is 3.82. The van der Waals surface area contributed by atoms with E-state index in [1.54, 1.807) is 12.1 Å². The van der Waals surface area contributed by atoms with Gasteiger partial charge in [-0.15, -0.1) is 0 Å². The Hall–Kier alpha value is -2.35. The molecule has 2 rings (SSSR count). The zero-order valence-corrected chi connectivity index (χ0v) is 12.0. The van der Waals surface area contributed by atoms with Crippen LogP contribution in [0.5, 0.6) is 0 Å². The highest BCUT2D eigenvalue weighted by Crippen LogP contribution is 2.16. The Morgan fingerprint density at radius 3 is 2.57 bits per heavy atom. The first kappa shape index (κ1) is 15.0. The number of hydrogen-bond acceptors (Lipinski definition) is 6. The van der Waals surface area contributed by atoms with Crippen LogP contribution in [-0.4, -0.2) is 42.4 Å². The maximum Gasteiger partial charge on any atom is 0.339 e. The molecule has 0 radical (unpaired) electrons. The molecular formula is C13H13N3O4S. The van der Waals surface area contributed by atoms with Gasteiger partial charge >= 0.3 is 17.8 Å². The van der Waals surface area contributed by atoms with E-state index in [1.165, 1.54) is 31.0 Å². The van der Waals surface area contributed by atoms with Gasteiger partial charge in [0.25, 0.3) is 0 Å². The molecular weight excluding hydrogens is 294 g/mol. The van der Waals surface area contributed by atoms with E-state index in [2.05, 4.69) is 20.4 Å². The summed E-state index contributed by atoms with van der Waals surface area (Å²) >= 11 is 1.37. The fourth-order valence-corrected chi connectivity index (χ4v) is 2.35. The lowest BCUT2D eigenvalue weighted by Gasteiger charge is -2.09. The van der Waals surface area contributed by atoms with Gasteiger partial charge < -0.3 is 10.1 Å². The zero-order chi connectivity index (χ0) is 15.2. The van der Waals surface area contributed by atoms with Crippen molar-refractivity contribution in [3.63, 3.8) is 0 Å². The molecule has 1 aromatic rings. The van der Waals surface area contributed by atoms with E-state index in [-0.39, 0.29) is 11.3 Å². The molecule has 1 aliphatic rings. The number of carbonyl (C=O) groups is 3. The number of benzene rings is 1. The molecule has 0 saturated heterocycles. The summed E-state index contributed by atoms with van der Waals surface area (Å²) in [4.78, 5) is 39.1. The van der Waals surface area contributed by atoms with Crippen molar-refractivity contribution >= 4 is 40.4 Å². The zero-order valence-electron chi connectivity index (χ0n) is 11.2. The summed E-state index contributed by atoms with van der Waals surface area (Å²) in [6.45, 7) is 0.618. The average Bonchev–Trinajstić information content (AvgIpc) is 2.99. The first-order valence-electron chi connectivity index (χ1n) is 6.08. The highest BCUT2D eigenvalue weighted by Gasteiger charge is 2.20. The van der Waals surface area contributed by atoms with Crippen LogP contribution in [0, 0.1) is 0 Å². The van der Waals surface area contributed by atoms with Crippen LogP contribution in [-0.2, 0) is 14.3 Å². The number of esters is 1. The minimum atomic E-state index is -0.874. The lowest BCUT2D eigenvalue weighted by Crippen LogP contribution is -2.37. The Morgan fingerprint density at radius 1 is 1.19 bits per heavy atom. The van der Waals surface area contributed by atoms with Crippen molar-refractivity contribution in [1.29, 1.82) is 0 Å². The maximum absolute atomic E-state index is 11.8. The summed E-state index contributed by atoms with van der Waals surface area (Å²) in [5.74, 6) is -1.52. The number of nitrogens with one attached hydrogen (secondary N) is 2. The number of carbonyl (C=O) groups excluding carboxylic acids is 3.